The fourth-order valence-electron chi connectivity index (χ4n) is 1.19. The standard InChI is InChI=1S/C8H6N3O2/c12-8-7(11(13)10-9-8)6-4-2-1-3-5-6/h1-5,7H/q+1. The molecule has 0 radical (unpaired) electrons. The Morgan fingerprint density at radius 3 is 2.46 bits per heavy atom. The molecule has 1 aliphatic rings. The van der Waals surface area contributed by atoms with Crippen molar-refractivity contribution in [1.29, 1.82) is 0 Å². The van der Waals surface area contributed by atoms with Crippen molar-refractivity contribution in [2.75, 3.05) is 0 Å². The van der Waals surface area contributed by atoms with Gasteiger partial charge in [0.2, 0.25) is 0 Å². The molecule has 0 saturated carbocycles. The average Bonchev–Trinajstić information content (AvgIpc) is 2.48. The first-order chi connectivity index (χ1) is 6.29. The lowest BCUT2D eigenvalue weighted by Gasteiger charge is -1.96. The molecule has 1 aromatic carbocycles. The van der Waals surface area contributed by atoms with Gasteiger partial charge in [0.25, 0.3) is 6.04 Å². The molecule has 5 heteroatoms. The van der Waals surface area contributed by atoms with E-state index in [1.54, 1.807) is 24.3 Å². The minimum atomic E-state index is -0.888. The van der Waals surface area contributed by atoms with E-state index in [1.165, 1.54) is 0 Å². The van der Waals surface area contributed by atoms with Crippen LogP contribution in [0.15, 0.2) is 40.7 Å². The van der Waals surface area contributed by atoms with Gasteiger partial charge in [-0.1, -0.05) is 30.3 Å². The van der Waals surface area contributed by atoms with E-state index < -0.39 is 11.9 Å². The van der Waals surface area contributed by atoms with Gasteiger partial charge in [0.1, 0.15) is 5.11 Å². The lowest BCUT2D eigenvalue weighted by Crippen LogP contribution is -2.13. The summed E-state index contributed by atoms with van der Waals surface area (Å²) in [5, 5.41) is 6.30. The van der Waals surface area contributed by atoms with Crippen LogP contribution in [0.5, 0.6) is 0 Å². The van der Waals surface area contributed by atoms with Crippen LogP contribution in [0.1, 0.15) is 11.6 Å². The fraction of sp³-hybridized carbons (Fsp3) is 0.125. The van der Waals surface area contributed by atoms with Crippen LogP contribution in [0.25, 0.3) is 0 Å². The van der Waals surface area contributed by atoms with E-state index in [1.807, 2.05) is 6.07 Å². The molecule has 1 heterocycles. The number of amides is 1. The molecule has 1 atom stereocenters. The summed E-state index contributed by atoms with van der Waals surface area (Å²) in [5.74, 6) is -0.513. The zero-order valence-corrected chi connectivity index (χ0v) is 6.62. The number of rotatable bonds is 1. The predicted molar refractivity (Wildman–Crippen MR) is 42.7 cm³/mol. The van der Waals surface area contributed by atoms with Crippen LogP contribution in [-0.4, -0.2) is 10.8 Å². The van der Waals surface area contributed by atoms with Crippen molar-refractivity contribution in [3.05, 3.63) is 40.8 Å². The lowest BCUT2D eigenvalue weighted by molar-refractivity contribution is -0.580. The van der Waals surface area contributed by atoms with Gasteiger partial charge in [-0.3, -0.25) is 0 Å². The highest BCUT2D eigenvalue weighted by Gasteiger charge is 2.42. The Labute approximate surface area is 73.6 Å². The third kappa shape index (κ3) is 1.24. The van der Waals surface area contributed by atoms with Crippen LogP contribution in [0.2, 0.25) is 0 Å². The monoisotopic (exact) mass is 176 g/mol. The van der Waals surface area contributed by atoms with Gasteiger partial charge in [0.15, 0.2) is 5.22 Å². The summed E-state index contributed by atoms with van der Waals surface area (Å²) in [6, 6.07) is 7.84. The maximum absolute atomic E-state index is 11.1. The summed E-state index contributed by atoms with van der Waals surface area (Å²) < 4.78 is 0. The second kappa shape index (κ2) is 2.85. The number of nitrogens with zero attached hydrogens (tertiary/aromatic N) is 3. The zero-order chi connectivity index (χ0) is 9.26. The fourth-order valence-corrected chi connectivity index (χ4v) is 1.19. The van der Waals surface area contributed by atoms with Crippen molar-refractivity contribution in [1.82, 2.24) is 0 Å². The summed E-state index contributed by atoms with van der Waals surface area (Å²) in [6.07, 6.45) is 0. The van der Waals surface area contributed by atoms with Crippen molar-refractivity contribution in [2.45, 2.75) is 6.04 Å². The molecule has 1 aromatic rings. The molecule has 0 aliphatic carbocycles. The van der Waals surface area contributed by atoms with Gasteiger partial charge < -0.3 is 0 Å². The first-order valence-electron chi connectivity index (χ1n) is 3.76. The van der Waals surface area contributed by atoms with E-state index in [0.29, 0.717) is 10.4 Å². The second-order valence-electron chi connectivity index (χ2n) is 2.64. The minimum Gasteiger partial charge on any atom is -0.234 e. The Balaban J connectivity index is 2.38. The molecule has 0 spiro atoms. The van der Waals surface area contributed by atoms with Crippen LogP contribution in [-0.2, 0) is 4.79 Å². The number of hydrogen-bond acceptors (Lipinski definition) is 2. The van der Waals surface area contributed by atoms with Gasteiger partial charge in [-0.05, 0) is 4.91 Å². The first kappa shape index (κ1) is 7.72. The molecule has 13 heavy (non-hydrogen) atoms. The maximum Gasteiger partial charge on any atom is 0.434 e. The Morgan fingerprint density at radius 2 is 1.92 bits per heavy atom. The van der Waals surface area contributed by atoms with Crippen LogP contribution in [0.3, 0.4) is 0 Å². The van der Waals surface area contributed by atoms with Gasteiger partial charge in [-0.2, -0.15) is 0 Å². The first-order valence-corrected chi connectivity index (χ1v) is 3.76. The largest absolute Gasteiger partial charge is 0.434 e. The Hall–Kier alpha value is -1.91. The summed E-state index contributed by atoms with van der Waals surface area (Å²) in [5.41, 5.74) is 0.618. The highest BCUT2D eigenvalue weighted by molar-refractivity contribution is 5.82. The molecule has 64 valence electrons. The Bertz CT molecular complexity index is 368. The number of hydrogen-bond donors (Lipinski definition) is 0. The van der Waals surface area contributed by atoms with Crippen LogP contribution in [0, 0.1) is 4.91 Å². The minimum absolute atomic E-state index is 0.317. The molecule has 1 unspecified atom stereocenters. The third-order valence-electron chi connectivity index (χ3n) is 1.80. The highest BCUT2D eigenvalue weighted by Crippen LogP contribution is 2.22. The third-order valence-corrected chi connectivity index (χ3v) is 1.80. The average molecular weight is 176 g/mol. The highest BCUT2D eigenvalue weighted by atomic mass is 16.3. The Morgan fingerprint density at radius 1 is 1.23 bits per heavy atom. The molecule has 2 rings (SSSR count). The quantitative estimate of drug-likeness (QED) is 0.607. The van der Waals surface area contributed by atoms with Gasteiger partial charge in [-0.25, -0.2) is 4.79 Å². The van der Waals surface area contributed by atoms with Gasteiger partial charge in [-0.15, -0.1) is 0 Å². The Kier molecular flexibility index (Phi) is 1.70. The number of nitroso groups, excluding NO2 is 1. The van der Waals surface area contributed by atoms with Crippen molar-refractivity contribution < 1.29 is 9.66 Å². The van der Waals surface area contributed by atoms with Crippen molar-refractivity contribution in [3.8, 4) is 0 Å². The van der Waals surface area contributed by atoms with Crippen molar-refractivity contribution in [3.63, 3.8) is 0 Å². The normalized spacial score (nSPS) is 21.1. The molecule has 0 N–H and O–H groups in total. The molecule has 0 saturated heterocycles. The maximum atomic E-state index is 11.1. The summed E-state index contributed by atoms with van der Waals surface area (Å²) in [7, 11) is 0. The molecule has 5 nitrogen and oxygen atoms in total. The van der Waals surface area contributed by atoms with Gasteiger partial charge in [0.05, 0.1) is 4.87 Å². The number of benzene rings is 1. The molecule has 0 aromatic heterocycles. The van der Waals surface area contributed by atoms with Gasteiger partial charge in [0, 0.05) is 5.56 Å². The number of carbonyl (C=O) groups is 1. The molecule has 0 fully saturated rings. The molecule has 1 aliphatic heterocycles. The molecular formula is C8H6N3O2+. The van der Waals surface area contributed by atoms with E-state index in [-0.39, 0.29) is 0 Å². The van der Waals surface area contributed by atoms with E-state index in [2.05, 4.69) is 10.3 Å². The predicted octanol–water partition coefficient (Wildman–Crippen LogP) is 1.41. The molecular weight excluding hydrogens is 170 g/mol. The second-order valence-corrected chi connectivity index (χ2v) is 2.64. The van der Waals surface area contributed by atoms with Crippen LogP contribution >= 0.6 is 0 Å². The van der Waals surface area contributed by atoms with Crippen LogP contribution < -0.4 is 0 Å². The van der Waals surface area contributed by atoms with E-state index in [9.17, 15) is 9.70 Å². The molecule has 1 amide bonds. The smallest absolute Gasteiger partial charge is 0.234 e. The summed E-state index contributed by atoms with van der Waals surface area (Å²) in [4.78, 5) is 22.4. The lowest BCUT2D eigenvalue weighted by atomic mass is 10.1. The zero-order valence-electron chi connectivity index (χ0n) is 6.62. The SMILES string of the molecule is O=C1N=N[N+](=O)C1c1ccccc1. The summed E-state index contributed by atoms with van der Waals surface area (Å²) in [6.45, 7) is 0. The van der Waals surface area contributed by atoms with Crippen molar-refractivity contribution >= 4 is 5.91 Å². The van der Waals surface area contributed by atoms with E-state index in [0.717, 1.165) is 0 Å². The molecule has 0 bridgehead atoms. The topological polar surface area (TPSA) is 61.9 Å². The summed E-state index contributed by atoms with van der Waals surface area (Å²) >= 11 is 0. The van der Waals surface area contributed by atoms with Gasteiger partial charge >= 0.3 is 5.91 Å². The van der Waals surface area contributed by atoms with Crippen LogP contribution in [0.4, 0.5) is 0 Å². The van der Waals surface area contributed by atoms with Crippen molar-refractivity contribution in [2.24, 2.45) is 10.3 Å². The van der Waals surface area contributed by atoms with E-state index in [4.69, 9.17) is 0 Å². The van der Waals surface area contributed by atoms with E-state index >= 15 is 0 Å². The number of carbonyl (C=O) groups excluding carboxylic acids is 1.